The van der Waals surface area contributed by atoms with Gasteiger partial charge in [0.25, 0.3) is 0 Å². The van der Waals surface area contributed by atoms with E-state index in [4.69, 9.17) is 22.1 Å². The van der Waals surface area contributed by atoms with Crippen molar-refractivity contribution in [3.05, 3.63) is 28.8 Å². The van der Waals surface area contributed by atoms with Crippen molar-refractivity contribution in [2.45, 2.75) is 24.4 Å². The van der Waals surface area contributed by atoms with Crippen molar-refractivity contribution in [3.63, 3.8) is 0 Å². The molecule has 0 unspecified atom stereocenters. The fourth-order valence-electron chi connectivity index (χ4n) is 2.45. The van der Waals surface area contributed by atoms with Crippen molar-refractivity contribution in [1.82, 2.24) is 0 Å². The average molecular weight is 302 g/mol. The highest BCUT2D eigenvalue weighted by molar-refractivity contribution is 7.92. The first kappa shape index (κ1) is 13.2. The molecule has 104 valence electrons. The molecule has 0 amide bonds. The summed E-state index contributed by atoms with van der Waals surface area (Å²) >= 11 is 6.20. The average Bonchev–Trinajstić information content (AvgIpc) is 3.10. The zero-order valence-corrected chi connectivity index (χ0v) is 12.0. The molecule has 1 aliphatic heterocycles. The normalized spacial score (nSPS) is 23.7. The first-order chi connectivity index (χ1) is 8.94. The molecule has 19 heavy (non-hydrogen) atoms. The molecule has 0 radical (unpaired) electrons. The van der Waals surface area contributed by atoms with E-state index < -0.39 is 9.84 Å². The van der Waals surface area contributed by atoms with Crippen molar-refractivity contribution in [1.29, 1.82) is 0 Å². The smallest absolute Gasteiger partial charge is 0.157 e. The van der Waals surface area contributed by atoms with E-state index >= 15 is 0 Å². The maximum atomic E-state index is 11.1. The fourth-order valence-corrected chi connectivity index (χ4v) is 3.85. The molecule has 1 saturated carbocycles. The van der Waals surface area contributed by atoms with Gasteiger partial charge in [-0.25, -0.2) is 8.42 Å². The summed E-state index contributed by atoms with van der Waals surface area (Å²) in [6.07, 6.45) is 1.93. The van der Waals surface area contributed by atoms with Gasteiger partial charge >= 0.3 is 0 Å². The van der Waals surface area contributed by atoms with Crippen LogP contribution in [-0.2, 0) is 15.3 Å². The second-order valence-electron chi connectivity index (χ2n) is 5.45. The van der Waals surface area contributed by atoms with Crippen molar-refractivity contribution >= 4 is 21.4 Å². The number of hydrogen-bond donors (Lipinski definition) is 1. The Kier molecular flexibility index (Phi) is 3.04. The Labute approximate surface area is 117 Å². The molecule has 1 aromatic rings. The second kappa shape index (κ2) is 4.36. The lowest BCUT2D eigenvalue weighted by Gasteiger charge is -2.27. The molecule has 0 bridgehead atoms. The van der Waals surface area contributed by atoms with E-state index in [2.05, 4.69) is 0 Å². The Morgan fingerprint density at radius 2 is 2.05 bits per heavy atom. The van der Waals surface area contributed by atoms with Gasteiger partial charge in [-0.3, -0.25) is 0 Å². The first-order valence-electron chi connectivity index (χ1n) is 6.31. The summed E-state index contributed by atoms with van der Waals surface area (Å²) in [5, 5.41) is 0.529. The van der Waals surface area contributed by atoms with Gasteiger partial charge in [0.1, 0.15) is 11.9 Å². The third kappa shape index (κ3) is 2.47. The van der Waals surface area contributed by atoms with Gasteiger partial charge in [-0.15, -0.1) is 0 Å². The van der Waals surface area contributed by atoms with Crippen LogP contribution in [0.3, 0.4) is 0 Å². The van der Waals surface area contributed by atoms with Gasteiger partial charge in [0.2, 0.25) is 0 Å². The summed E-state index contributed by atoms with van der Waals surface area (Å²) < 4.78 is 27.8. The van der Waals surface area contributed by atoms with Gasteiger partial charge in [-0.05, 0) is 30.5 Å². The lowest BCUT2D eigenvalue weighted by atomic mass is 9.96. The molecular weight excluding hydrogens is 286 g/mol. The molecule has 2 N–H and O–H groups in total. The molecule has 1 aliphatic carbocycles. The summed E-state index contributed by atoms with van der Waals surface area (Å²) in [5.74, 6) is 0.716. The summed E-state index contributed by atoms with van der Waals surface area (Å²) in [6, 6.07) is 5.69. The van der Waals surface area contributed by atoms with Crippen LogP contribution in [0.5, 0.6) is 5.75 Å². The van der Waals surface area contributed by atoms with E-state index in [9.17, 15) is 8.42 Å². The second-order valence-corrected chi connectivity index (χ2v) is 8.01. The zero-order chi connectivity index (χ0) is 13.7. The van der Waals surface area contributed by atoms with E-state index in [1.807, 2.05) is 18.2 Å². The highest BCUT2D eigenvalue weighted by Crippen LogP contribution is 2.48. The Bertz CT molecular complexity index is 598. The zero-order valence-electron chi connectivity index (χ0n) is 10.4. The predicted octanol–water partition coefficient (Wildman–Crippen LogP) is 1.51. The van der Waals surface area contributed by atoms with Crippen LogP contribution in [0, 0.1) is 0 Å². The molecular formula is C13H16ClNO3S. The summed E-state index contributed by atoms with van der Waals surface area (Å²) in [6.45, 7) is 0.629. The number of halogens is 1. The number of benzene rings is 1. The molecule has 4 nitrogen and oxygen atoms in total. The molecule has 0 aromatic heterocycles. The van der Waals surface area contributed by atoms with Crippen molar-refractivity contribution < 1.29 is 13.2 Å². The van der Waals surface area contributed by atoms with E-state index in [1.54, 1.807) is 0 Å². The van der Waals surface area contributed by atoms with Crippen LogP contribution in [0.4, 0.5) is 0 Å². The topological polar surface area (TPSA) is 69.4 Å². The van der Waals surface area contributed by atoms with Gasteiger partial charge in [0.15, 0.2) is 9.84 Å². The Hall–Kier alpha value is -0.780. The number of hydrogen-bond acceptors (Lipinski definition) is 4. The minimum atomic E-state index is -2.87. The standard InChI is InChI=1S/C13H16ClNO3S/c14-11-5-9(13(8-15)3-4-13)1-2-12(11)18-10-6-19(16,17)7-10/h1-2,5,10H,3-4,6-8,15H2. The van der Waals surface area contributed by atoms with Gasteiger partial charge in [0, 0.05) is 12.0 Å². The Balaban J connectivity index is 1.74. The first-order valence-corrected chi connectivity index (χ1v) is 8.51. The predicted molar refractivity (Wildman–Crippen MR) is 74.5 cm³/mol. The van der Waals surface area contributed by atoms with Gasteiger partial charge in [0.05, 0.1) is 16.5 Å². The van der Waals surface area contributed by atoms with Crippen LogP contribution < -0.4 is 10.5 Å². The monoisotopic (exact) mass is 301 g/mol. The largest absolute Gasteiger partial charge is 0.487 e. The molecule has 6 heteroatoms. The van der Waals surface area contributed by atoms with E-state index in [1.165, 1.54) is 0 Å². The van der Waals surface area contributed by atoms with Crippen LogP contribution in [0.1, 0.15) is 18.4 Å². The summed E-state index contributed by atoms with van der Waals surface area (Å²) in [4.78, 5) is 0. The van der Waals surface area contributed by atoms with Crippen LogP contribution in [0.15, 0.2) is 18.2 Å². The molecule has 2 fully saturated rings. The summed E-state index contributed by atoms with van der Waals surface area (Å²) in [7, 11) is -2.87. The molecule has 1 aromatic carbocycles. The Morgan fingerprint density at radius 1 is 1.37 bits per heavy atom. The van der Waals surface area contributed by atoms with Crippen molar-refractivity contribution in [2.24, 2.45) is 5.73 Å². The third-order valence-corrected chi connectivity index (χ3v) is 6.02. The SMILES string of the molecule is NCC1(c2ccc(OC3CS(=O)(=O)C3)c(Cl)c2)CC1. The highest BCUT2D eigenvalue weighted by atomic mass is 35.5. The summed E-state index contributed by atoms with van der Waals surface area (Å²) in [5.41, 5.74) is 7.04. The lowest BCUT2D eigenvalue weighted by molar-refractivity contribution is 0.230. The van der Waals surface area contributed by atoms with Crippen molar-refractivity contribution in [3.8, 4) is 5.75 Å². The van der Waals surface area contributed by atoms with Gasteiger partial charge in [-0.2, -0.15) is 0 Å². The molecule has 1 saturated heterocycles. The number of sulfone groups is 1. The van der Waals surface area contributed by atoms with Crippen LogP contribution in [0.2, 0.25) is 5.02 Å². The molecule has 1 heterocycles. The van der Waals surface area contributed by atoms with Crippen LogP contribution >= 0.6 is 11.6 Å². The van der Waals surface area contributed by atoms with Gasteiger partial charge in [-0.1, -0.05) is 17.7 Å². The van der Waals surface area contributed by atoms with Gasteiger partial charge < -0.3 is 10.5 Å². The Morgan fingerprint density at radius 3 is 2.53 bits per heavy atom. The minimum absolute atomic E-state index is 0.0812. The van der Waals surface area contributed by atoms with E-state index in [0.717, 1.165) is 18.4 Å². The van der Waals surface area contributed by atoms with E-state index in [0.29, 0.717) is 17.3 Å². The maximum Gasteiger partial charge on any atom is 0.157 e. The highest BCUT2D eigenvalue weighted by Gasteiger charge is 2.43. The van der Waals surface area contributed by atoms with E-state index in [-0.39, 0.29) is 23.0 Å². The van der Waals surface area contributed by atoms with Crippen molar-refractivity contribution in [2.75, 3.05) is 18.1 Å². The third-order valence-electron chi connectivity index (χ3n) is 3.96. The lowest BCUT2D eigenvalue weighted by Crippen LogP contribution is -2.45. The molecule has 0 spiro atoms. The minimum Gasteiger partial charge on any atom is -0.487 e. The van der Waals surface area contributed by atoms with Crippen LogP contribution in [-0.4, -0.2) is 32.6 Å². The fraction of sp³-hybridized carbons (Fsp3) is 0.538. The molecule has 2 aliphatic rings. The molecule has 3 rings (SSSR count). The number of nitrogens with two attached hydrogens (primary N) is 1. The molecule has 0 atom stereocenters. The quantitative estimate of drug-likeness (QED) is 0.915. The maximum absolute atomic E-state index is 11.1. The van der Waals surface area contributed by atoms with Crippen LogP contribution in [0.25, 0.3) is 0 Å². The number of ether oxygens (including phenoxy) is 1. The number of rotatable bonds is 4.